The molecule has 0 aliphatic carbocycles. The normalized spacial score (nSPS) is 10.4. The third kappa shape index (κ3) is 3.05. The molecule has 0 bridgehead atoms. The van der Waals surface area contributed by atoms with Gasteiger partial charge in [0, 0.05) is 23.4 Å². The van der Waals surface area contributed by atoms with Crippen molar-refractivity contribution in [2.75, 3.05) is 5.32 Å². The third-order valence-corrected chi connectivity index (χ3v) is 3.40. The van der Waals surface area contributed by atoms with E-state index in [1.165, 1.54) is 5.56 Å². The Morgan fingerprint density at radius 2 is 2.15 bits per heavy atom. The number of hydrogen-bond donors (Lipinski definition) is 1. The van der Waals surface area contributed by atoms with Gasteiger partial charge in [-0.25, -0.2) is 9.97 Å². The monoisotopic (exact) mass is 328 g/mol. The summed E-state index contributed by atoms with van der Waals surface area (Å²) in [4.78, 5) is 8.41. The van der Waals surface area contributed by atoms with Gasteiger partial charge in [0.15, 0.2) is 0 Å². The van der Waals surface area contributed by atoms with E-state index < -0.39 is 0 Å². The second-order valence-corrected chi connectivity index (χ2v) is 5.27. The molecule has 0 aliphatic heterocycles. The van der Waals surface area contributed by atoms with Crippen molar-refractivity contribution in [1.29, 1.82) is 0 Å². The number of rotatable bonds is 4. The fourth-order valence-corrected chi connectivity index (χ4v) is 2.34. The van der Waals surface area contributed by atoms with Gasteiger partial charge in [-0.3, -0.25) is 4.57 Å². The van der Waals surface area contributed by atoms with Crippen molar-refractivity contribution >= 4 is 21.6 Å². The van der Waals surface area contributed by atoms with Crippen LogP contribution in [0, 0.1) is 0 Å². The van der Waals surface area contributed by atoms with E-state index in [4.69, 9.17) is 0 Å². The molecule has 1 aromatic carbocycles. The van der Waals surface area contributed by atoms with E-state index in [9.17, 15) is 0 Å². The average molecular weight is 329 g/mol. The van der Waals surface area contributed by atoms with Crippen molar-refractivity contribution in [2.24, 2.45) is 0 Å². The van der Waals surface area contributed by atoms with Crippen molar-refractivity contribution < 1.29 is 0 Å². The predicted molar refractivity (Wildman–Crippen MR) is 82.8 cm³/mol. The van der Waals surface area contributed by atoms with E-state index >= 15 is 0 Å². The summed E-state index contributed by atoms with van der Waals surface area (Å²) < 4.78 is 2.96. The molecule has 100 valence electrons. The SMILES string of the molecule is Brc1cccc(CNc2ccc(-n3ccnc3)nc2)c1. The summed E-state index contributed by atoms with van der Waals surface area (Å²) in [5.74, 6) is 0.857. The average Bonchev–Trinajstić information content (AvgIpc) is 3.00. The number of halogens is 1. The van der Waals surface area contributed by atoms with E-state index in [1.807, 2.05) is 41.2 Å². The van der Waals surface area contributed by atoms with Crippen molar-refractivity contribution in [3.05, 3.63) is 71.4 Å². The summed E-state index contributed by atoms with van der Waals surface area (Å²) in [6.07, 6.45) is 7.17. The van der Waals surface area contributed by atoms with Crippen molar-refractivity contribution in [1.82, 2.24) is 14.5 Å². The van der Waals surface area contributed by atoms with Crippen LogP contribution in [0.3, 0.4) is 0 Å². The van der Waals surface area contributed by atoms with Gasteiger partial charge in [-0.1, -0.05) is 28.1 Å². The van der Waals surface area contributed by atoms with Gasteiger partial charge in [0.2, 0.25) is 0 Å². The molecule has 0 saturated heterocycles. The Balaban J connectivity index is 1.67. The van der Waals surface area contributed by atoms with Crippen LogP contribution < -0.4 is 5.32 Å². The molecule has 0 radical (unpaired) electrons. The number of imidazole rings is 1. The van der Waals surface area contributed by atoms with Crippen LogP contribution in [0.5, 0.6) is 0 Å². The lowest BCUT2D eigenvalue weighted by atomic mass is 10.2. The molecule has 0 spiro atoms. The number of hydrogen-bond acceptors (Lipinski definition) is 3. The van der Waals surface area contributed by atoms with Crippen LogP contribution >= 0.6 is 15.9 Å². The largest absolute Gasteiger partial charge is 0.380 e. The summed E-state index contributed by atoms with van der Waals surface area (Å²) in [6.45, 7) is 0.769. The van der Waals surface area contributed by atoms with Crippen LogP contribution in [0.25, 0.3) is 5.82 Å². The highest BCUT2D eigenvalue weighted by molar-refractivity contribution is 9.10. The summed E-state index contributed by atoms with van der Waals surface area (Å²) >= 11 is 3.47. The number of pyridine rings is 1. The zero-order valence-corrected chi connectivity index (χ0v) is 12.3. The van der Waals surface area contributed by atoms with Crippen molar-refractivity contribution in [3.63, 3.8) is 0 Å². The third-order valence-electron chi connectivity index (χ3n) is 2.90. The lowest BCUT2D eigenvalue weighted by molar-refractivity contribution is 0.990. The molecule has 0 amide bonds. The molecular weight excluding hydrogens is 316 g/mol. The fraction of sp³-hybridized carbons (Fsp3) is 0.0667. The van der Waals surface area contributed by atoms with E-state index in [0.717, 1.165) is 22.5 Å². The molecule has 2 heterocycles. The van der Waals surface area contributed by atoms with E-state index in [1.54, 1.807) is 12.5 Å². The molecule has 0 unspecified atom stereocenters. The molecule has 0 fully saturated rings. The van der Waals surface area contributed by atoms with Gasteiger partial charge in [0.25, 0.3) is 0 Å². The molecule has 0 atom stereocenters. The predicted octanol–water partition coefficient (Wildman–Crippen LogP) is 3.64. The summed E-state index contributed by atoms with van der Waals surface area (Å²) in [5.41, 5.74) is 2.21. The van der Waals surface area contributed by atoms with Crippen LogP contribution in [-0.2, 0) is 6.54 Å². The van der Waals surface area contributed by atoms with Gasteiger partial charge in [-0.05, 0) is 29.8 Å². The standard InChI is InChI=1S/C15H13BrN4/c16-13-3-1-2-12(8-13)9-18-14-4-5-15(19-10-14)20-7-6-17-11-20/h1-8,10-11,18H,9H2. The van der Waals surface area contributed by atoms with Gasteiger partial charge in [0.05, 0.1) is 11.9 Å². The first-order chi connectivity index (χ1) is 9.81. The lowest BCUT2D eigenvalue weighted by Crippen LogP contribution is -2.01. The number of benzene rings is 1. The minimum atomic E-state index is 0.769. The molecule has 0 saturated carbocycles. The Hall–Kier alpha value is -2.14. The van der Waals surface area contributed by atoms with Gasteiger partial charge >= 0.3 is 0 Å². The van der Waals surface area contributed by atoms with Crippen LogP contribution in [0.15, 0.2) is 65.8 Å². The Morgan fingerprint density at radius 1 is 1.20 bits per heavy atom. The molecular formula is C15H13BrN4. The summed E-state index contributed by atoms with van der Waals surface area (Å²) in [5, 5.41) is 3.35. The first kappa shape index (κ1) is 12.9. The zero-order valence-electron chi connectivity index (χ0n) is 10.7. The smallest absolute Gasteiger partial charge is 0.137 e. The second kappa shape index (κ2) is 5.88. The van der Waals surface area contributed by atoms with Gasteiger partial charge in [-0.2, -0.15) is 0 Å². The van der Waals surface area contributed by atoms with Crippen molar-refractivity contribution in [2.45, 2.75) is 6.54 Å². The number of aromatic nitrogens is 3. The quantitative estimate of drug-likeness (QED) is 0.795. The van der Waals surface area contributed by atoms with Crippen LogP contribution in [0.4, 0.5) is 5.69 Å². The Labute approximate surface area is 125 Å². The summed E-state index contributed by atoms with van der Waals surface area (Å²) in [7, 11) is 0. The molecule has 20 heavy (non-hydrogen) atoms. The molecule has 2 aromatic heterocycles. The summed E-state index contributed by atoms with van der Waals surface area (Å²) in [6, 6.07) is 12.2. The minimum Gasteiger partial charge on any atom is -0.380 e. The topological polar surface area (TPSA) is 42.7 Å². The second-order valence-electron chi connectivity index (χ2n) is 4.36. The Kier molecular flexibility index (Phi) is 3.78. The molecule has 5 heteroatoms. The van der Waals surface area contributed by atoms with E-state index in [0.29, 0.717) is 0 Å². The van der Waals surface area contributed by atoms with E-state index in [-0.39, 0.29) is 0 Å². The Morgan fingerprint density at radius 3 is 2.85 bits per heavy atom. The first-order valence-corrected chi connectivity index (χ1v) is 7.03. The maximum absolute atomic E-state index is 4.40. The highest BCUT2D eigenvalue weighted by Gasteiger charge is 1.98. The number of nitrogens with one attached hydrogen (secondary N) is 1. The zero-order chi connectivity index (χ0) is 13.8. The highest BCUT2D eigenvalue weighted by atomic mass is 79.9. The fourth-order valence-electron chi connectivity index (χ4n) is 1.89. The minimum absolute atomic E-state index is 0.769. The van der Waals surface area contributed by atoms with Crippen LogP contribution in [-0.4, -0.2) is 14.5 Å². The number of nitrogens with zero attached hydrogens (tertiary/aromatic N) is 3. The number of anilines is 1. The van der Waals surface area contributed by atoms with Crippen LogP contribution in [0.1, 0.15) is 5.56 Å². The van der Waals surface area contributed by atoms with E-state index in [2.05, 4.69) is 43.3 Å². The van der Waals surface area contributed by atoms with Crippen LogP contribution in [0.2, 0.25) is 0 Å². The molecule has 4 nitrogen and oxygen atoms in total. The molecule has 3 aromatic rings. The van der Waals surface area contributed by atoms with Gasteiger partial charge < -0.3 is 5.32 Å². The van der Waals surface area contributed by atoms with Crippen molar-refractivity contribution in [3.8, 4) is 5.82 Å². The maximum Gasteiger partial charge on any atom is 0.137 e. The maximum atomic E-state index is 4.40. The highest BCUT2D eigenvalue weighted by Crippen LogP contribution is 2.14. The first-order valence-electron chi connectivity index (χ1n) is 6.24. The van der Waals surface area contributed by atoms with Gasteiger partial charge in [0.1, 0.15) is 12.1 Å². The molecule has 0 aliphatic rings. The molecule has 3 rings (SSSR count). The van der Waals surface area contributed by atoms with Gasteiger partial charge in [-0.15, -0.1) is 0 Å². The Bertz CT molecular complexity index is 677. The lowest BCUT2D eigenvalue weighted by Gasteiger charge is -2.07. The molecule has 1 N–H and O–H groups in total.